The van der Waals surface area contributed by atoms with E-state index in [1.54, 1.807) is 0 Å². The fourth-order valence-electron chi connectivity index (χ4n) is 1.30. The fourth-order valence-corrected chi connectivity index (χ4v) is 1.30. The van der Waals surface area contributed by atoms with E-state index >= 15 is 0 Å². The van der Waals surface area contributed by atoms with Crippen molar-refractivity contribution in [1.29, 1.82) is 0 Å². The van der Waals surface area contributed by atoms with Gasteiger partial charge in [0.25, 0.3) is 0 Å². The molecule has 0 atom stereocenters. The largest absolute Gasteiger partial charge is 0.328 e. The van der Waals surface area contributed by atoms with Crippen LogP contribution in [0.3, 0.4) is 0 Å². The van der Waals surface area contributed by atoms with E-state index in [9.17, 15) is 4.39 Å². The summed E-state index contributed by atoms with van der Waals surface area (Å²) in [6.07, 6.45) is 2.06. The highest BCUT2D eigenvalue weighted by Gasteiger charge is 2.14. The summed E-state index contributed by atoms with van der Waals surface area (Å²) in [7, 11) is 0. The van der Waals surface area contributed by atoms with Gasteiger partial charge in [0.2, 0.25) is 0 Å². The third-order valence-electron chi connectivity index (χ3n) is 2.03. The molecule has 2 nitrogen and oxygen atoms in total. The zero-order chi connectivity index (χ0) is 7.40. The smallest absolute Gasteiger partial charge is 0.102 e. The third-order valence-corrected chi connectivity index (χ3v) is 2.03. The van der Waals surface area contributed by atoms with E-state index < -0.39 is 0 Å². The van der Waals surface area contributed by atoms with E-state index in [2.05, 4.69) is 4.90 Å². The molecule has 0 bridgehead atoms. The second-order valence-corrected chi connectivity index (χ2v) is 2.87. The average molecular weight is 146 g/mol. The van der Waals surface area contributed by atoms with E-state index in [0.29, 0.717) is 12.6 Å². The van der Waals surface area contributed by atoms with Gasteiger partial charge in [-0.1, -0.05) is 0 Å². The molecule has 1 saturated heterocycles. The zero-order valence-corrected chi connectivity index (χ0v) is 6.22. The van der Waals surface area contributed by atoms with Gasteiger partial charge in [-0.05, 0) is 25.9 Å². The molecular weight excluding hydrogens is 131 g/mol. The predicted octanol–water partition coefficient (Wildman–Crippen LogP) is 0.379. The number of nitrogens with zero attached hydrogens (tertiary/aromatic N) is 1. The van der Waals surface area contributed by atoms with Crippen LogP contribution in [0.1, 0.15) is 12.8 Å². The lowest BCUT2D eigenvalue weighted by molar-refractivity contribution is 0.198. The van der Waals surface area contributed by atoms with Crippen molar-refractivity contribution in [1.82, 2.24) is 4.90 Å². The Balaban J connectivity index is 2.13. The van der Waals surface area contributed by atoms with Crippen molar-refractivity contribution in [3.8, 4) is 0 Å². The van der Waals surface area contributed by atoms with Crippen LogP contribution >= 0.6 is 0 Å². The van der Waals surface area contributed by atoms with Gasteiger partial charge in [0.15, 0.2) is 0 Å². The Kier molecular flexibility index (Phi) is 3.09. The monoisotopic (exact) mass is 146 g/mol. The summed E-state index contributed by atoms with van der Waals surface area (Å²) in [4.78, 5) is 2.13. The van der Waals surface area contributed by atoms with Gasteiger partial charge in [-0.15, -0.1) is 0 Å². The molecule has 2 N–H and O–H groups in total. The van der Waals surface area contributed by atoms with Gasteiger partial charge in [0, 0.05) is 12.6 Å². The maximum Gasteiger partial charge on any atom is 0.102 e. The maximum atomic E-state index is 11.8. The lowest BCUT2D eigenvalue weighted by atomic mass is 10.1. The van der Waals surface area contributed by atoms with Gasteiger partial charge in [-0.3, -0.25) is 0 Å². The summed E-state index contributed by atoms with van der Waals surface area (Å²) in [5.41, 5.74) is 5.67. The Labute approximate surface area is 61.2 Å². The summed E-state index contributed by atoms with van der Waals surface area (Å²) in [6, 6.07) is 0.357. The summed E-state index contributed by atoms with van der Waals surface area (Å²) in [5, 5.41) is 0. The van der Waals surface area contributed by atoms with E-state index in [0.717, 1.165) is 25.9 Å². The second-order valence-electron chi connectivity index (χ2n) is 2.87. The van der Waals surface area contributed by atoms with E-state index in [-0.39, 0.29) is 6.67 Å². The molecule has 10 heavy (non-hydrogen) atoms. The Bertz CT molecular complexity index is 89.6. The Hall–Kier alpha value is -0.150. The highest BCUT2D eigenvalue weighted by atomic mass is 19.1. The Morgan fingerprint density at radius 1 is 1.40 bits per heavy atom. The van der Waals surface area contributed by atoms with Crippen LogP contribution in [0, 0.1) is 0 Å². The number of piperidine rings is 1. The minimum atomic E-state index is -0.227. The molecule has 0 unspecified atom stereocenters. The van der Waals surface area contributed by atoms with Gasteiger partial charge in [-0.25, -0.2) is 4.39 Å². The van der Waals surface area contributed by atoms with Crippen LogP contribution in [0.5, 0.6) is 0 Å². The molecule has 0 aromatic rings. The van der Waals surface area contributed by atoms with Gasteiger partial charge in [-0.2, -0.15) is 0 Å². The average Bonchev–Trinajstić information content (AvgIpc) is 1.95. The molecule has 1 heterocycles. The number of nitrogens with two attached hydrogens (primary N) is 1. The van der Waals surface area contributed by atoms with E-state index in [1.165, 1.54) is 0 Å². The minimum Gasteiger partial charge on any atom is -0.328 e. The molecule has 1 aliphatic rings. The Morgan fingerprint density at radius 3 is 2.50 bits per heavy atom. The van der Waals surface area contributed by atoms with Crippen LogP contribution < -0.4 is 5.73 Å². The molecule has 0 spiro atoms. The van der Waals surface area contributed by atoms with Gasteiger partial charge >= 0.3 is 0 Å². The highest BCUT2D eigenvalue weighted by molar-refractivity contribution is 4.73. The molecule has 1 aliphatic heterocycles. The summed E-state index contributed by atoms with van der Waals surface area (Å²) < 4.78 is 11.8. The maximum absolute atomic E-state index is 11.8. The van der Waals surface area contributed by atoms with Crippen molar-refractivity contribution in [2.75, 3.05) is 26.3 Å². The van der Waals surface area contributed by atoms with Crippen molar-refractivity contribution < 1.29 is 4.39 Å². The quantitative estimate of drug-likeness (QED) is 0.610. The third kappa shape index (κ3) is 2.23. The molecule has 0 radical (unpaired) electrons. The van der Waals surface area contributed by atoms with E-state index in [1.807, 2.05) is 0 Å². The van der Waals surface area contributed by atoms with Crippen molar-refractivity contribution in [3.05, 3.63) is 0 Å². The van der Waals surface area contributed by atoms with Crippen molar-refractivity contribution in [2.24, 2.45) is 5.73 Å². The molecule has 3 heteroatoms. The van der Waals surface area contributed by atoms with Gasteiger partial charge in [0.1, 0.15) is 6.67 Å². The van der Waals surface area contributed by atoms with Crippen LogP contribution in [0.2, 0.25) is 0 Å². The molecule has 0 aliphatic carbocycles. The molecule has 1 rings (SSSR count). The summed E-state index contributed by atoms with van der Waals surface area (Å²) in [6.45, 7) is 2.32. The number of alkyl halides is 1. The highest BCUT2D eigenvalue weighted by Crippen LogP contribution is 2.06. The minimum absolute atomic E-state index is 0.227. The van der Waals surface area contributed by atoms with Gasteiger partial charge in [0.05, 0.1) is 0 Å². The molecule has 0 aromatic carbocycles. The van der Waals surface area contributed by atoms with Crippen molar-refractivity contribution in [2.45, 2.75) is 18.9 Å². The second kappa shape index (κ2) is 3.88. The first kappa shape index (κ1) is 7.95. The first-order chi connectivity index (χ1) is 4.83. The number of rotatable bonds is 2. The number of hydrogen-bond donors (Lipinski definition) is 1. The molecule has 0 aromatic heterocycles. The zero-order valence-electron chi connectivity index (χ0n) is 6.22. The fraction of sp³-hybridized carbons (Fsp3) is 1.00. The predicted molar refractivity (Wildman–Crippen MR) is 39.6 cm³/mol. The van der Waals surface area contributed by atoms with Crippen molar-refractivity contribution >= 4 is 0 Å². The molecular formula is C7H15FN2. The first-order valence-corrected chi connectivity index (χ1v) is 3.87. The standard InChI is InChI=1S/C7H15FN2/c8-3-6-10-4-1-7(9)2-5-10/h7H,1-6,9H2. The molecule has 0 saturated carbocycles. The first-order valence-electron chi connectivity index (χ1n) is 3.87. The molecule has 0 amide bonds. The normalized spacial score (nSPS) is 23.4. The number of halogens is 1. The summed E-state index contributed by atoms with van der Waals surface area (Å²) >= 11 is 0. The summed E-state index contributed by atoms with van der Waals surface area (Å²) in [5.74, 6) is 0. The molecule has 1 fully saturated rings. The SMILES string of the molecule is NC1CCN(CCF)CC1. The number of likely N-dealkylation sites (tertiary alicyclic amines) is 1. The van der Waals surface area contributed by atoms with Crippen LogP contribution in [-0.2, 0) is 0 Å². The van der Waals surface area contributed by atoms with Gasteiger partial charge < -0.3 is 10.6 Å². The lowest BCUT2D eigenvalue weighted by Crippen LogP contribution is -2.40. The van der Waals surface area contributed by atoms with Crippen LogP contribution in [-0.4, -0.2) is 37.3 Å². The van der Waals surface area contributed by atoms with E-state index in [4.69, 9.17) is 5.73 Å². The lowest BCUT2D eigenvalue weighted by Gasteiger charge is -2.28. The molecule has 60 valence electrons. The van der Waals surface area contributed by atoms with Crippen LogP contribution in [0.4, 0.5) is 4.39 Å². The van der Waals surface area contributed by atoms with Crippen LogP contribution in [0.25, 0.3) is 0 Å². The van der Waals surface area contributed by atoms with Crippen LogP contribution in [0.15, 0.2) is 0 Å². The number of hydrogen-bond acceptors (Lipinski definition) is 2. The van der Waals surface area contributed by atoms with Crippen molar-refractivity contribution in [3.63, 3.8) is 0 Å². The topological polar surface area (TPSA) is 29.3 Å². The Morgan fingerprint density at radius 2 is 2.00 bits per heavy atom.